The SMILES string of the molecule is CCOc1cc(/C=C2\N=C(c3ccc(Cl)c([N+](=O)[O-])c3)OC2=O)cc(Br)c1OCC(=O)OC. The number of carbonyl (C=O) groups excluding carboxylic acids is 2. The van der Waals surface area contributed by atoms with Gasteiger partial charge in [0.15, 0.2) is 23.8 Å². The van der Waals surface area contributed by atoms with Crippen LogP contribution in [0.25, 0.3) is 6.08 Å². The lowest BCUT2D eigenvalue weighted by molar-refractivity contribution is -0.384. The molecule has 10 nitrogen and oxygen atoms in total. The second kappa shape index (κ2) is 10.5. The molecule has 1 aliphatic rings. The summed E-state index contributed by atoms with van der Waals surface area (Å²) in [6, 6.07) is 7.19. The Morgan fingerprint density at radius 2 is 2.06 bits per heavy atom. The molecule has 0 aromatic heterocycles. The van der Waals surface area contributed by atoms with Crippen LogP contribution in [0.1, 0.15) is 18.1 Å². The fourth-order valence-electron chi connectivity index (χ4n) is 2.74. The fourth-order valence-corrected chi connectivity index (χ4v) is 3.50. The first kappa shape index (κ1) is 24.2. The highest BCUT2D eigenvalue weighted by Crippen LogP contribution is 2.38. The van der Waals surface area contributed by atoms with Crippen LogP contribution in [0, 0.1) is 10.1 Å². The number of hydrogen-bond donors (Lipinski definition) is 0. The maximum Gasteiger partial charge on any atom is 0.363 e. The van der Waals surface area contributed by atoms with Gasteiger partial charge in [-0.3, -0.25) is 10.1 Å². The quantitative estimate of drug-likeness (QED) is 0.210. The van der Waals surface area contributed by atoms with Crippen molar-refractivity contribution in [3.8, 4) is 11.5 Å². The first-order valence-electron chi connectivity index (χ1n) is 9.36. The van der Waals surface area contributed by atoms with Crippen LogP contribution in [0.2, 0.25) is 5.02 Å². The van der Waals surface area contributed by atoms with E-state index in [0.717, 1.165) is 0 Å². The molecule has 0 N–H and O–H groups in total. The number of nitrogens with zero attached hydrogens (tertiary/aromatic N) is 2. The number of carbonyl (C=O) groups is 2. The summed E-state index contributed by atoms with van der Waals surface area (Å²) in [7, 11) is 1.25. The summed E-state index contributed by atoms with van der Waals surface area (Å²) < 4.78 is 21.3. The molecule has 0 spiro atoms. The molecular weight excluding hydrogens is 524 g/mol. The van der Waals surface area contributed by atoms with Crippen molar-refractivity contribution in [2.24, 2.45) is 4.99 Å². The molecule has 3 rings (SSSR count). The Bertz CT molecular complexity index is 1200. The van der Waals surface area contributed by atoms with Crippen molar-refractivity contribution in [3.05, 3.63) is 66.8 Å². The van der Waals surface area contributed by atoms with Crippen LogP contribution in [0.5, 0.6) is 11.5 Å². The van der Waals surface area contributed by atoms with Gasteiger partial charge in [-0.2, -0.15) is 0 Å². The Labute approximate surface area is 201 Å². The zero-order chi connectivity index (χ0) is 24.1. The topological polar surface area (TPSA) is 127 Å². The summed E-state index contributed by atoms with van der Waals surface area (Å²) in [5.74, 6) is -0.771. The molecule has 2 aromatic rings. The van der Waals surface area contributed by atoms with Crippen LogP contribution in [0.4, 0.5) is 5.69 Å². The zero-order valence-electron chi connectivity index (χ0n) is 17.3. The first-order chi connectivity index (χ1) is 15.7. The molecule has 0 amide bonds. The van der Waals surface area contributed by atoms with Crippen molar-refractivity contribution in [1.29, 1.82) is 0 Å². The van der Waals surface area contributed by atoms with Gasteiger partial charge in [-0.25, -0.2) is 14.6 Å². The fraction of sp³-hybridized carbons (Fsp3) is 0.190. The van der Waals surface area contributed by atoms with E-state index in [4.69, 9.17) is 25.8 Å². The number of ether oxygens (including phenoxy) is 4. The smallest absolute Gasteiger partial charge is 0.363 e. The predicted molar refractivity (Wildman–Crippen MR) is 122 cm³/mol. The number of methoxy groups -OCH3 is 1. The average Bonchev–Trinajstić information content (AvgIpc) is 3.13. The summed E-state index contributed by atoms with van der Waals surface area (Å²) in [5, 5.41) is 11.1. The maximum absolute atomic E-state index is 12.3. The third-order valence-electron chi connectivity index (χ3n) is 4.21. The van der Waals surface area contributed by atoms with Crippen molar-refractivity contribution >= 4 is 57.1 Å². The van der Waals surface area contributed by atoms with Crippen LogP contribution in [0.15, 0.2) is 45.5 Å². The molecule has 172 valence electrons. The minimum atomic E-state index is -0.734. The number of halogens is 2. The van der Waals surface area contributed by atoms with Gasteiger partial charge >= 0.3 is 11.9 Å². The van der Waals surface area contributed by atoms with Crippen LogP contribution in [-0.2, 0) is 19.1 Å². The molecule has 1 aliphatic heterocycles. The van der Waals surface area contributed by atoms with E-state index >= 15 is 0 Å². The lowest BCUT2D eigenvalue weighted by Crippen LogP contribution is -2.13. The molecule has 0 atom stereocenters. The summed E-state index contributed by atoms with van der Waals surface area (Å²) in [6.07, 6.45) is 1.46. The van der Waals surface area contributed by atoms with Crippen LogP contribution < -0.4 is 9.47 Å². The molecule has 0 saturated heterocycles. The minimum absolute atomic E-state index is 0.0276. The number of benzene rings is 2. The van der Waals surface area contributed by atoms with Crippen molar-refractivity contribution < 1.29 is 33.5 Å². The highest BCUT2D eigenvalue weighted by molar-refractivity contribution is 9.10. The van der Waals surface area contributed by atoms with Gasteiger partial charge in [0.05, 0.1) is 23.1 Å². The van der Waals surface area contributed by atoms with Crippen molar-refractivity contribution in [2.45, 2.75) is 6.92 Å². The Hall–Kier alpha value is -3.44. The highest BCUT2D eigenvalue weighted by atomic mass is 79.9. The Morgan fingerprint density at radius 3 is 2.73 bits per heavy atom. The molecule has 0 saturated carbocycles. The monoisotopic (exact) mass is 538 g/mol. The third-order valence-corrected chi connectivity index (χ3v) is 5.12. The number of esters is 2. The summed E-state index contributed by atoms with van der Waals surface area (Å²) in [6.45, 7) is 1.78. The van der Waals surface area contributed by atoms with Crippen molar-refractivity contribution in [1.82, 2.24) is 0 Å². The van der Waals surface area contributed by atoms with Gasteiger partial charge in [-0.15, -0.1) is 0 Å². The van der Waals surface area contributed by atoms with Gasteiger partial charge < -0.3 is 18.9 Å². The molecule has 0 unspecified atom stereocenters. The van der Waals surface area contributed by atoms with Crippen LogP contribution in [0.3, 0.4) is 0 Å². The van der Waals surface area contributed by atoms with Gasteiger partial charge in [-0.05, 0) is 58.8 Å². The van der Waals surface area contributed by atoms with E-state index < -0.39 is 16.9 Å². The normalized spacial score (nSPS) is 14.0. The van der Waals surface area contributed by atoms with E-state index in [-0.39, 0.29) is 40.2 Å². The lowest BCUT2D eigenvalue weighted by Gasteiger charge is -2.14. The molecule has 0 radical (unpaired) electrons. The van der Waals surface area contributed by atoms with Gasteiger partial charge in [0.2, 0.25) is 5.90 Å². The Morgan fingerprint density at radius 1 is 1.30 bits per heavy atom. The van der Waals surface area contributed by atoms with Crippen molar-refractivity contribution in [2.75, 3.05) is 20.3 Å². The zero-order valence-corrected chi connectivity index (χ0v) is 19.6. The number of hydrogen-bond acceptors (Lipinski definition) is 9. The van der Waals surface area contributed by atoms with E-state index in [2.05, 4.69) is 25.7 Å². The Kier molecular flexibility index (Phi) is 7.67. The predicted octanol–water partition coefficient (Wildman–Crippen LogP) is 4.31. The number of nitro benzene ring substituents is 1. The number of cyclic esters (lactones) is 1. The molecule has 0 aliphatic carbocycles. The minimum Gasteiger partial charge on any atom is -0.490 e. The third kappa shape index (κ3) is 5.68. The first-order valence-corrected chi connectivity index (χ1v) is 10.5. The molecular formula is C21H16BrClN2O8. The molecule has 0 fully saturated rings. The van der Waals surface area contributed by atoms with Gasteiger partial charge in [0.25, 0.3) is 5.69 Å². The van der Waals surface area contributed by atoms with Crippen LogP contribution in [-0.4, -0.2) is 43.1 Å². The Balaban J connectivity index is 1.94. The molecule has 12 heteroatoms. The highest BCUT2D eigenvalue weighted by Gasteiger charge is 2.26. The van der Waals surface area contributed by atoms with E-state index in [1.807, 2.05) is 0 Å². The van der Waals surface area contributed by atoms with Gasteiger partial charge in [-0.1, -0.05) is 11.6 Å². The second-order valence-corrected chi connectivity index (χ2v) is 7.65. The van der Waals surface area contributed by atoms with Crippen LogP contribution >= 0.6 is 27.5 Å². The second-order valence-electron chi connectivity index (χ2n) is 6.39. The van der Waals surface area contributed by atoms with E-state index in [9.17, 15) is 19.7 Å². The van der Waals surface area contributed by atoms with E-state index in [1.54, 1.807) is 19.1 Å². The summed E-state index contributed by atoms with van der Waals surface area (Å²) in [5.41, 5.74) is 0.388. The molecule has 33 heavy (non-hydrogen) atoms. The van der Waals surface area contributed by atoms with Crippen molar-refractivity contribution in [3.63, 3.8) is 0 Å². The van der Waals surface area contributed by atoms with Gasteiger partial charge in [0.1, 0.15) is 5.02 Å². The number of nitro groups is 1. The van der Waals surface area contributed by atoms with E-state index in [1.165, 1.54) is 31.4 Å². The maximum atomic E-state index is 12.3. The van der Waals surface area contributed by atoms with Gasteiger partial charge in [0, 0.05) is 11.6 Å². The molecule has 2 aromatic carbocycles. The largest absolute Gasteiger partial charge is 0.490 e. The summed E-state index contributed by atoms with van der Waals surface area (Å²) >= 11 is 9.19. The number of rotatable bonds is 8. The lowest BCUT2D eigenvalue weighted by atomic mass is 10.1. The molecule has 0 bridgehead atoms. The van der Waals surface area contributed by atoms with E-state index in [0.29, 0.717) is 22.4 Å². The average molecular weight is 540 g/mol. The molecule has 1 heterocycles. The number of aliphatic imine (C=N–C) groups is 1. The summed E-state index contributed by atoms with van der Waals surface area (Å²) in [4.78, 5) is 38.4. The standard InChI is InChI=1S/C21H16BrClN2O8/c1-3-31-17-8-11(6-13(22)19(17)32-10-18(26)30-2)7-15-21(27)33-20(24-15)12-4-5-14(23)16(9-12)25(28)29/h4-9H,3,10H2,1-2H3/b15-7-.